The number of benzene rings is 2. The van der Waals surface area contributed by atoms with Crippen LogP contribution in [0, 0.1) is 0 Å². The minimum Gasteiger partial charge on any atom is -0.329 e. The summed E-state index contributed by atoms with van der Waals surface area (Å²) < 4.78 is 8.33. The number of nitrogens with one attached hydrogen (secondary N) is 2. The van der Waals surface area contributed by atoms with Crippen LogP contribution in [0.1, 0.15) is 5.56 Å². The molecule has 8 heteroatoms. The number of carbonyl (C=O) groups is 1. The second-order valence-corrected chi connectivity index (χ2v) is 6.09. The molecule has 1 heterocycles. The van der Waals surface area contributed by atoms with E-state index in [-0.39, 0.29) is 11.0 Å². The molecule has 3 aromatic rings. The van der Waals surface area contributed by atoms with E-state index in [1.165, 1.54) is 6.08 Å². The lowest BCUT2D eigenvalue weighted by Crippen LogP contribution is -2.33. The summed E-state index contributed by atoms with van der Waals surface area (Å²) in [5.74, 6) is -0.337. The van der Waals surface area contributed by atoms with Gasteiger partial charge in [-0.2, -0.15) is 8.75 Å². The molecule has 3 rings (SSSR count). The molecule has 0 saturated carbocycles. The lowest BCUT2D eigenvalue weighted by molar-refractivity contribution is -0.115. The Labute approximate surface area is 152 Å². The molecule has 2 N–H and O–H groups in total. The number of anilines is 1. The highest BCUT2D eigenvalue weighted by Crippen LogP contribution is 2.29. The zero-order valence-electron chi connectivity index (χ0n) is 12.2. The van der Waals surface area contributed by atoms with Crippen LogP contribution in [-0.4, -0.2) is 19.8 Å². The Morgan fingerprint density at radius 2 is 1.96 bits per heavy atom. The molecule has 0 aliphatic rings. The molecule has 0 bridgehead atoms. The van der Waals surface area contributed by atoms with Crippen LogP contribution in [0.25, 0.3) is 17.1 Å². The van der Waals surface area contributed by atoms with Gasteiger partial charge in [-0.3, -0.25) is 10.1 Å². The molecule has 5 nitrogen and oxygen atoms in total. The fourth-order valence-corrected chi connectivity index (χ4v) is 2.93. The molecule has 2 aromatic carbocycles. The molecular formula is C16H11ClN4OS2. The molecular weight excluding hydrogens is 364 g/mol. The summed E-state index contributed by atoms with van der Waals surface area (Å²) >= 11 is 12.4. The van der Waals surface area contributed by atoms with E-state index in [1.807, 2.05) is 30.3 Å². The largest absolute Gasteiger partial charge is 0.329 e. The smallest absolute Gasteiger partial charge is 0.250 e. The highest BCUT2D eigenvalue weighted by atomic mass is 35.5. The van der Waals surface area contributed by atoms with Crippen LogP contribution in [0.15, 0.2) is 48.5 Å². The summed E-state index contributed by atoms with van der Waals surface area (Å²) in [5, 5.41) is 6.07. The zero-order chi connectivity index (χ0) is 16.9. The lowest BCUT2D eigenvalue weighted by atomic mass is 10.2. The van der Waals surface area contributed by atoms with Crippen LogP contribution in [0.2, 0.25) is 5.02 Å². The molecule has 24 heavy (non-hydrogen) atoms. The molecule has 0 saturated heterocycles. The standard InChI is InChI=1S/C16H11ClN4OS2/c17-11-7-8-12-15(21-24-20-12)14(11)19-16(23)18-13(22)9-6-10-4-2-1-3-5-10/h1-9H,(H2,18,19,22,23)/b9-6+. The van der Waals surface area contributed by atoms with Gasteiger partial charge in [-0.05, 0) is 36.0 Å². The summed E-state index contributed by atoms with van der Waals surface area (Å²) in [5.41, 5.74) is 2.78. The lowest BCUT2D eigenvalue weighted by Gasteiger charge is -2.10. The van der Waals surface area contributed by atoms with Crippen molar-refractivity contribution >= 4 is 69.4 Å². The van der Waals surface area contributed by atoms with Crippen LogP contribution >= 0.6 is 35.5 Å². The van der Waals surface area contributed by atoms with Crippen molar-refractivity contribution in [2.24, 2.45) is 0 Å². The quantitative estimate of drug-likeness (QED) is 0.538. The number of thiocarbonyl (C=S) groups is 1. The molecule has 0 fully saturated rings. The number of hydrogen-bond acceptors (Lipinski definition) is 5. The van der Waals surface area contributed by atoms with Gasteiger partial charge in [-0.15, -0.1) is 0 Å². The predicted molar refractivity (Wildman–Crippen MR) is 102 cm³/mol. The molecule has 0 aliphatic heterocycles. The van der Waals surface area contributed by atoms with Crippen molar-refractivity contribution in [3.8, 4) is 0 Å². The Morgan fingerprint density at radius 3 is 2.75 bits per heavy atom. The number of fused-ring (bicyclic) bond motifs is 1. The van der Waals surface area contributed by atoms with Gasteiger partial charge in [-0.1, -0.05) is 41.9 Å². The van der Waals surface area contributed by atoms with Crippen molar-refractivity contribution in [2.75, 3.05) is 5.32 Å². The van der Waals surface area contributed by atoms with Gasteiger partial charge in [0.2, 0.25) is 5.91 Å². The van der Waals surface area contributed by atoms with Crippen LogP contribution in [-0.2, 0) is 4.79 Å². The molecule has 0 unspecified atom stereocenters. The average Bonchev–Trinajstić information content (AvgIpc) is 3.05. The summed E-state index contributed by atoms with van der Waals surface area (Å²) in [6.07, 6.45) is 3.12. The topological polar surface area (TPSA) is 66.9 Å². The van der Waals surface area contributed by atoms with Crippen LogP contribution in [0.3, 0.4) is 0 Å². The van der Waals surface area contributed by atoms with E-state index in [0.717, 1.165) is 17.3 Å². The highest BCUT2D eigenvalue weighted by Gasteiger charge is 2.12. The van der Waals surface area contributed by atoms with Crippen LogP contribution in [0.5, 0.6) is 0 Å². The third kappa shape index (κ3) is 3.94. The zero-order valence-corrected chi connectivity index (χ0v) is 14.6. The first-order valence-electron chi connectivity index (χ1n) is 6.89. The molecule has 1 aromatic heterocycles. The van der Waals surface area contributed by atoms with Crippen LogP contribution in [0.4, 0.5) is 5.69 Å². The summed E-state index contributed by atoms with van der Waals surface area (Å²) in [6, 6.07) is 13.0. The number of amides is 1. The number of nitrogens with zero attached hydrogens (tertiary/aromatic N) is 2. The maximum atomic E-state index is 11.9. The number of carbonyl (C=O) groups excluding carboxylic acids is 1. The van der Waals surface area contributed by atoms with Crippen molar-refractivity contribution in [3.05, 3.63) is 59.1 Å². The second-order valence-electron chi connectivity index (χ2n) is 4.74. The average molecular weight is 375 g/mol. The van der Waals surface area contributed by atoms with Gasteiger partial charge in [0.05, 0.1) is 22.4 Å². The molecule has 1 amide bonds. The third-order valence-electron chi connectivity index (χ3n) is 3.08. The van der Waals surface area contributed by atoms with Gasteiger partial charge in [0.15, 0.2) is 5.11 Å². The second kappa shape index (κ2) is 7.48. The van der Waals surface area contributed by atoms with E-state index in [9.17, 15) is 4.79 Å². The van der Waals surface area contributed by atoms with Crippen molar-refractivity contribution in [2.45, 2.75) is 0 Å². The highest BCUT2D eigenvalue weighted by molar-refractivity contribution is 7.80. The number of hydrogen-bond donors (Lipinski definition) is 2. The van der Waals surface area contributed by atoms with E-state index < -0.39 is 0 Å². The van der Waals surface area contributed by atoms with Crippen molar-refractivity contribution in [3.63, 3.8) is 0 Å². The van der Waals surface area contributed by atoms with Crippen LogP contribution < -0.4 is 10.6 Å². The van der Waals surface area contributed by atoms with Gasteiger partial charge >= 0.3 is 0 Å². The van der Waals surface area contributed by atoms with Gasteiger partial charge in [0.25, 0.3) is 0 Å². The number of aromatic nitrogens is 2. The Kier molecular flexibility index (Phi) is 5.14. The monoisotopic (exact) mass is 374 g/mol. The Hall–Kier alpha value is -2.35. The van der Waals surface area contributed by atoms with Crippen molar-refractivity contribution in [1.82, 2.24) is 14.1 Å². The van der Waals surface area contributed by atoms with E-state index in [0.29, 0.717) is 21.7 Å². The Morgan fingerprint density at radius 1 is 1.17 bits per heavy atom. The maximum Gasteiger partial charge on any atom is 0.250 e. The Bertz CT molecular complexity index is 924. The van der Waals surface area contributed by atoms with Crippen molar-refractivity contribution in [1.29, 1.82) is 0 Å². The molecule has 0 aliphatic carbocycles. The number of rotatable bonds is 3. The van der Waals surface area contributed by atoms with E-state index in [2.05, 4.69) is 19.4 Å². The normalized spacial score (nSPS) is 10.9. The van der Waals surface area contributed by atoms with Gasteiger partial charge < -0.3 is 5.32 Å². The third-order valence-corrected chi connectivity index (χ3v) is 4.14. The SMILES string of the molecule is O=C(/C=C/c1ccccc1)NC(=S)Nc1c(Cl)ccc2nsnc12. The molecule has 120 valence electrons. The molecule has 0 atom stereocenters. The van der Waals surface area contributed by atoms with E-state index in [1.54, 1.807) is 18.2 Å². The summed E-state index contributed by atoms with van der Waals surface area (Å²) in [6.45, 7) is 0. The summed E-state index contributed by atoms with van der Waals surface area (Å²) in [4.78, 5) is 11.9. The van der Waals surface area contributed by atoms with Gasteiger partial charge in [0, 0.05) is 6.08 Å². The Balaban J connectivity index is 1.67. The van der Waals surface area contributed by atoms with E-state index >= 15 is 0 Å². The fourth-order valence-electron chi connectivity index (χ4n) is 1.98. The fraction of sp³-hybridized carbons (Fsp3) is 0. The van der Waals surface area contributed by atoms with Crippen molar-refractivity contribution < 1.29 is 4.79 Å². The van der Waals surface area contributed by atoms with E-state index in [4.69, 9.17) is 23.8 Å². The summed E-state index contributed by atoms with van der Waals surface area (Å²) in [7, 11) is 0. The predicted octanol–water partition coefficient (Wildman–Crippen LogP) is 3.87. The maximum absolute atomic E-state index is 11.9. The van der Waals surface area contributed by atoms with Gasteiger partial charge in [-0.25, -0.2) is 0 Å². The minimum absolute atomic E-state index is 0.139. The first-order valence-corrected chi connectivity index (χ1v) is 8.41. The van der Waals surface area contributed by atoms with Gasteiger partial charge in [0.1, 0.15) is 11.0 Å². The first kappa shape index (κ1) is 16.5. The number of halogens is 1. The first-order chi connectivity index (χ1) is 11.6. The molecule has 0 radical (unpaired) electrons. The molecule has 0 spiro atoms. The minimum atomic E-state index is -0.337.